The molecule has 0 amide bonds. The minimum absolute atomic E-state index is 0.0729. The van der Waals surface area contributed by atoms with Crippen molar-refractivity contribution in [2.75, 3.05) is 26.2 Å². The molecule has 6 unspecified atom stereocenters. The van der Waals surface area contributed by atoms with Crippen molar-refractivity contribution >= 4 is 0 Å². The molecular formula is C19H34N2O2. The van der Waals surface area contributed by atoms with Gasteiger partial charge in [-0.15, -0.1) is 0 Å². The van der Waals surface area contributed by atoms with Crippen molar-refractivity contribution in [3.63, 3.8) is 0 Å². The molecule has 6 atom stereocenters. The summed E-state index contributed by atoms with van der Waals surface area (Å²) >= 11 is 0. The monoisotopic (exact) mass is 322 g/mol. The number of piperazine rings is 1. The highest BCUT2D eigenvalue weighted by atomic mass is 16.7. The van der Waals surface area contributed by atoms with E-state index >= 15 is 0 Å². The van der Waals surface area contributed by atoms with Crippen LogP contribution in [0.4, 0.5) is 0 Å². The highest BCUT2D eigenvalue weighted by molar-refractivity contribution is 5.20. The Bertz CT molecular complexity index is 478. The normalized spacial score (nSPS) is 53.7. The molecule has 3 saturated heterocycles. The third-order valence-electron chi connectivity index (χ3n) is 7.80. The van der Waals surface area contributed by atoms with Crippen LogP contribution in [0.1, 0.15) is 53.4 Å². The summed E-state index contributed by atoms with van der Waals surface area (Å²) in [4.78, 5) is 2.66. The molecule has 1 aliphatic carbocycles. The average molecular weight is 322 g/mol. The maximum Gasteiger partial charge on any atom is 0.171 e. The SMILES string of the molecule is CC(C)C1CC23OC1(O)CC(C)(N1CCNCC1)C2CCC3C. The molecule has 1 spiro atoms. The van der Waals surface area contributed by atoms with Crippen molar-refractivity contribution in [3.8, 4) is 0 Å². The first-order valence-electron chi connectivity index (χ1n) is 9.70. The predicted molar refractivity (Wildman–Crippen MR) is 91.1 cm³/mol. The van der Waals surface area contributed by atoms with Crippen LogP contribution in [0, 0.1) is 23.7 Å². The topological polar surface area (TPSA) is 44.7 Å². The third kappa shape index (κ3) is 2.11. The standard InChI is InChI=1S/C19H34N2O2/c1-13(2)15-11-18-14(3)5-6-16(18)17(4,12-19(15,22)23-18)21-9-7-20-8-10-21/h13-16,20,22H,5-12H2,1-4H3. The summed E-state index contributed by atoms with van der Waals surface area (Å²) in [5.74, 6) is 0.939. The van der Waals surface area contributed by atoms with E-state index < -0.39 is 5.79 Å². The Labute approximate surface area is 141 Å². The van der Waals surface area contributed by atoms with Gasteiger partial charge in [0, 0.05) is 50.0 Å². The fourth-order valence-corrected chi connectivity index (χ4v) is 6.62. The van der Waals surface area contributed by atoms with Gasteiger partial charge in [0.05, 0.1) is 5.60 Å². The lowest BCUT2D eigenvalue weighted by Gasteiger charge is -2.57. The van der Waals surface area contributed by atoms with E-state index in [1.807, 2.05) is 0 Å². The van der Waals surface area contributed by atoms with Gasteiger partial charge in [0.1, 0.15) is 0 Å². The lowest BCUT2D eigenvalue weighted by Crippen LogP contribution is -2.67. The summed E-state index contributed by atoms with van der Waals surface area (Å²) in [5, 5.41) is 15.0. The number of hydrogen-bond donors (Lipinski definition) is 2. The average Bonchev–Trinajstić information content (AvgIpc) is 2.96. The first-order valence-corrected chi connectivity index (χ1v) is 9.70. The van der Waals surface area contributed by atoms with Crippen LogP contribution < -0.4 is 5.32 Å². The Hall–Kier alpha value is -0.160. The van der Waals surface area contributed by atoms with Crippen molar-refractivity contribution in [1.29, 1.82) is 0 Å². The van der Waals surface area contributed by atoms with Gasteiger partial charge in [0.2, 0.25) is 0 Å². The fraction of sp³-hybridized carbons (Fsp3) is 1.00. The van der Waals surface area contributed by atoms with E-state index in [4.69, 9.17) is 4.74 Å². The molecule has 2 N–H and O–H groups in total. The second-order valence-electron chi connectivity index (χ2n) is 9.26. The van der Waals surface area contributed by atoms with E-state index in [-0.39, 0.29) is 17.1 Å². The maximum absolute atomic E-state index is 11.5. The molecule has 4 nitrogen and oxygen atoms in total. The lowest BCUT2D eigenvalue weighted by molar-refractivity contribution is -0.312. The molecule has 4 aliphatic rings. The van der Waals surface area contributed by atoms with Crippen LogP contribution in [-0.4, -0.2) is 53.1 Å². The third-order valence-corrected chi connectivity index (χ3v) is 7.80. The molecule has 0 radical (unpaired) electrons. The van der Waals surface area contributed by atoms with E-state index in [2.05, 4.69) is 37.9 Å². The summed E-state index contributed by atoms with van der Waals surface area (Å²) in [7, 11) is 0. The van der Waals surface area contributed by atoms with E-state index in [1.165, 1.54) is 12.8 Å². The molecule has 23 heavy (non-hydrogen) atoms. The van der Waals surface area contributed by atoms with Gasteiger partial charge in [0.15, 0.2) is 5.79 Å². The molecular weight excluding hydrogens is 288 g/mol. The Morgan fingerprint density at radius 3 is 2.57 bits per heavy atom. The number of aliphatic hydroxyl groups is 1. The van der Waals surface area contributed by atoms with Gasteiger partial charge < -0.3 is 15.2 Å². The van der Waals surface area contributed by atoms with E-state index in [1.54, 1.807) is 0 Å². The summed E-state index contributed by atoms with van der Waals surface area (Å²) in [5.41, 5.74) is -0.0228. The zero-order valence-electron chi connectivity index (χ0n) is 15.3. The van der Waals surface area contributed by atoms with Crippen molar-refractivity contribution in [3.05, 3.63) is 0 Å². The lowest BCUT2D eigenvalue weighted by atomic mass is 9.69. The quantitative estimate of drug-likeness (QED) is 0.818. The number of nitrogens with zero attached hydrogens (tertiary/aromatic N) is 1. The molecule has 4 fully saturated rings. The molecule has 0 aromatic carbocycles. The van der Waals surface area contributed by atoms with Gasteiger partial charge in [-0.3, -0.25) is 4.90 Å². The summed E-state index contributed by atoms with van der Waals surface area (Å²) in [6.45, 7) is 13.6. The Kier molecular flexibility index (Phi) is 3.67. The van der Waals surface area contributed by atoms with Gasteiger partial charge >= 0.3 is 0 Å². The molecule has 4 heteroatoms. The minimum Gasteiger partial charge on any atom is -0.365 e. The Morgan fingerprint density at radius 2 is 1.91 bits per heavy atom. The second-order valence-corrected chi connectivity index (χ2v) is 9.26. The molecule has 0 aromatic rings. The van der Waals surface area contributed by atoms with Crippen LogP contribution >= 0.6 is 0 Å². The first kappa shape index (κ1) is 16.3. The van der Waals surface area contributed by atoms with Crippen LogP contribution in [0.2, 0.25) is 0 Å². The van der Waals surface area contributed by atoms with Gasteiger partial charge in [-0.2, -0.15) is 0 Å². The molecule has 3 aliphatic heterocycles. The fourth-order valence-electron chi connectivity index (χ4n) is 6.62. The van der Waals surface area contributed by atoms with Crippen molar-refractivity contribution in [2.24, 2.45) is 23.7 Å². The number of ether oxygens (including phenoxy) is 1. The zero-order chi connectivity index (χ0) is 16.5. The number of hydrogen-bond acceptors (Lipinski definition) is 4. The highest BCUT2D eigenvalue weighted by Crippen LogP contribution is 2.66. The van der Waals surface area contributed by atoms with E-state index in [0.717, 1.165) is 39.0 Å². The van der Waals surface area contributed by atoms with Gasteiger partial charge in [-0.1, -0.05) is 20.8 Å². The molecule has 3 heterocycles. The molecule has 2 bridgehead atoms. The smallest absolute Gasteiger partial charge is 0.171 e. The summed E-state index contributed by atoms with van der Waals surface area (Å²) in [6, 6.07) is 0. The first-order chi connectivity index (χ1) is 10.8. The van der Waals surface area contributed by atoms with E-state index in [0.29, 0.717) is 17.8 Å². The summed E-state index contributed by atoms with van der Waals surface area (Å²) in [6.07, 6.45) is 4.33. The Balaban J connectivity index is 1.75. The van der Waals surface area contributed by atoms with Crippen molar-refractivity contribution in [2.45, 2.75) is 70.3 Å². The van der Waals surface area contributed by atoms with Crippen LogP contribution in [0.5, 0.6) is 0 Å². The largest absolute Gasteiger partial charge is 0.365 e. The highest BCUT2D eigenvalue weighted by Gasteiger charge is 2.72. The molecule has 132 valence electrons. The number of fused-ring (bicyclic) bond motifs is 1. The van der Waals surface area contributed by atoms with Crippen LogP contribution in [-0.2, 0) is 4.74 Å². The van der Waals surface area contributed by atoms with Gasteiger partial charge in [-0.05, 0) is 38.0 Å². The van der Waals surface area contributed by atoms with Crippen LogP contribution in [0.3, 0.4) is 0 Å². The summed E-state index contributed by atoms with van der Waals surface area (Å²) < 4.78 is 6.58. The zero-order valence-corrected chi connectivity index (χ0v) is 15.3. The maximum atomic E-state index is 11.5. The van der Waals surface area contributed by atoms with Crippen LogP contribution in [0.15, 0.2) is 0 Å². The Morgan fingerprint density at radius 1 is 1.22 bits per heavy atom. The van der Waals surface area contributed by atoms with Crippen LogP contribution in [0.25, 0.3) is 0 Å². The number of nitrogens with one attached hydrogen (secondary N) is 1. The van der Waals surface area contributed by atoms with Gasteiger partial charge in [-0.25, -0.2) is 0 Å². The molecule has 0 aromatic heterocycles. The second kappa shape index (κ2) is 5.17. The number of rotatable bonds is 2. The predicted octanol–water partition coefficient (Wildman–Crippen LogP) is 2.22. The van der Waals surface area contributed by atoms with Crippen molar-refractivity contribution < 1.29 is 9.84 Å². The minimum atomic E-state index is -0.928. The molecule has 4 rings (SSSR count). The van der Waals surface area contributed by atoms with Gasteiger partial charge in [0.25, 0.3) is 0 Å². The van der Waals surface area contributed by atoms with Crippen molar-refractivity contribution in [1.82, 2.24) is 10.2 Å². The van der Waals surface area contributed by atoms with E-state index in [9.17, 15) is 5.11 Å². The molecule has 1 saturated carbocycles.